The van der Waals surface area contributed by atoms with Gasteiger partial charge in [0, 0.05) is 0 Å². The smallest absolute Gasteiger partial charge is 0.206 e. The Labute approximate surface area is 83.0 Å². The SMILES string of the molecule is C=CCOc1c(F)c(F)c(N)c(F)c1F. The molecule has 0 radical (unpaired) electrons. The third-order valence-corrected chi connectivity index (χ3v) is 1.60. The van der Waals surface area contributed by atoms with E-state index in [1.54, 1.807) is 0 Å². The quantitative estimate of drug-likeness (QED) is 0.368. The second-order valence-corrected chi connectivity index (χ2v) is 2.60. The zero-order valence-electron chi connectivity index (χ0n) is 7.49. The monoisotopic (exact) mass is 221 g/mol. The molecule has 0 saturated carbocycles. The number of anilines is 1. The van der Waals surface area contributed by atoms with Crippen molar-refractivity contribution in [3.8, 4) is 5.75 Å². The van der Waals surface area contributed by atoms with E-state index >= 15 is 0 Å². The van der Waals surface area contributed by atoms with E-state index in [1.807, 2.05) is 0 Å². The number of hydrogen-bond acceptors (Lipinski definition) is 2. The van der Waals surface area contributed by atoms with Crippen LogP contribution in [0.2, 0.25) is 0 Å². The van der Waals surface area contributed by atoms with Gasteiger partial charge in [-0.3, -0.25) is 0 Å². The number of hydrogen-bond donors (Lipinski definition) is 1. The lowest BCUT2D eigenvalue weighted by Gasteiger charge is -2.09. The highest BCUT2D eigenvalue weighted by Gasteiger charge is 2.24. The van der Waals surface area contributed by atoms with Crippen LogP contribution in [0.5, 0.6) is 5.75 Å². The van der Waals surface area contributed by atoms with Gasteiger partial charge in [-0.25, -0.2) is 8.78 Å². The van der Waals surface area contributed by atoms with Crippen LogP contribution >= 0.6 is 0 Å². The van der Waals surface area contributed by atoms with Crippen molar-refractivity contribution in [1.82, 2.24) is 0 Å². The highest BCUT2D eigenvalue weighted by Crippen LogP contribution is 2.31. The summed E-state index contributed by atoms with van der Waals surface area (Å²) in [6, 6.07) is 0. The van der Waals surface area contributed by atoms with E-state index in [4.69, 9.17) is 5.73 Å². The van der Waals surface area contributed by atoms with Crippen molar-refractivity contribution < 1.29 is 22.3 Å². The Morgan fingerprint density at radius 2 is 1.53 bits per heavy atom. The van der Waals surface area contributed by atoms with Gasteiger partial charge in [0.2, 0.25) is 11.6 Å². The molecule has 0 atom stereocenters. The van der Waals surface area contributed by atoms with Gasteiger partial charge < -0.3 is 10.5 Å². The number of ether oxygens (including phenoxy) is 1. The van der Waals surface area contributed by atoms with Crippen molar-refractivity contribution in [2.45, 2.75) is 0 Å². The molecular weight excluding hydrogens is 214 g/mol. The molecule has 6 heteroatoms. The van der Waals surface area contributed by atoms with E-state index in [2.05, 4.69) is 11.3 Å². The Hall–Kier alpha value is -1.72. The molecule has 0 heterocycles. The standard InChI is InChI=1S/C9H7F4NO/c1-2-3-15-9-6(12)4(10)8(14)5(11)7(9)13/h2H,1,3,14H2. The summed E-state index contributed by atoms with van der Waals surface area (Å²) >= 11 is 0. The van der Waals surface area contributed by atoms with Gasteiger partial charge in [0.05, 0.1) is 0 Å². The van der Waals surface area contributed by atoms with Crippen LogP contribution in [0.15, 0.2) is 12.7 Å². The topological polar surface area (TPSA) is 35.2 Å². The molecule has 0 unspecified atom stereocenters. The summed E-state index contributed by atoms with van der Waals surface area (Å²) in [7, 11) is 0. The summed E-state index contributed by atoms with van der Waals surface area (Å²) in [5.74, 6) is -7.80. The highest BCUT2D eigenvalue weighted by molar-refractivity contribution is 5.47. The lowest BCUT2D eigenvalue weighted by atomic mass is 10.2. The van der Waals surface area contributed by atoms with Crippen LogP contribution in [-0.2, 0) is 0 Å². The van der Waals surface area contributed by atoms with E-state index in [-0.39, 0.29) is 6.61 Å². The summed E-state index contributed by atoms with van der Waals surface area (Å²) in [5.41, 5.74) is 3.56. The van der Waals surface area contributed by atoms with Crippen LogP contribution in [0.1, 0.15) is 0 Å². The van der Waals surface area contributed by atoms with Crippen molar-refractivity contribution in [2.24, 2.45) is 0 Å². The maximum absolute atomic E-state index is 13.0. The lowest BCUT2D eigenvalue weighted by Crippen LogP contribution is -2.07. The Bertz CT molecular complexity index is 377. The highest BCUT2D eigenvalue weighted by atomic mass is 19.2. The molecule has 1 rings (SSSR count). The number of nitrogens with two attached hydrogens (primary N) is 1. The van der Waals surface area contributed by atoms with Crippen LogP contribution in [-0.4, -0.2) is 6.61 Å². The van der Waals surface area contributed by atoms with Crippen LogP contribution in [0, 0.1) is 23.3 Å². The molecule has 0 bridgehead atoms. The zero-order chi connectivity index (χ0) is 11.6. The first-order chi connectivity index (χ1) is 7.00. The van der Waals surface area contributed by atoms with Gasteiger partial charge >= 0.3 is 0 Å². The second kappa shape index (κ2) is 4.20. The molecule has 1 aromatic rings. The molecule has 0 aromatic heterocycles. The maximum atomic E-state index is 13.0. The average molecular weight is 221 g/mol. The molecule has 0 aliphatic rings. The molecule has 2 nitrogen and oxygen atoms in total. The number of halogens is 4. The Morgan fingerprint density at radius 1 is 1.07 bits per heavy atom. The average Bonchev–Trinajstić information content (AvgIpc) is 2.24. The minimum Gasteiger partial charge on any atom is -0.483 e. The Morgan fingerprint density at radius 3 is 1.93 bits per heavy atom. The summed E-state index contributed by atoms with van der Waals surface area (Å²) in [6.45, 7) is 2.93. The van der Waals surface area contributed by atoms with E-state index in [9.17, 15) is 17.6 Å². The number of benzene rings is 1. The first-order valence-electron chi connectivity index (χ1n) is 3.85. The molecule has 0 fully saturated rings. The predicted molar refractivity (Wildman–Crippen MR) is 46.4 cm³/mol. The molecule has 1 aromatic carbocycles. The minimum absolute atomic E-state index is 0.281. The van der Waals surface area contributed by atoms with Gasteiger partial charge in [-0.15, -0.1) is 0 Å². The van der Waals surface area contributed by atoms with Gasteiger partial charge in [-0.1, -0.05) is 12.7 Å². The van der Waals surface area contributed by atoms with Gasteiger partial charge in [0.1, 0.15) is 12.3 Å². The summed E-state index contributed by atoms with van der Waals surface area (Å²) < 4.78 is 56.1. The van der Waals surface area contributed by atoms with Crippen molar-refractivity contribution >= 4 is 5.69 Å². The molecule has 0 aliphatic carbocycles. The van der Waals surface area contributed by atoms with E-state index in [1.165, 1.54) is 6.08 Å². The van der Waals surface area contributed by atoms with Crippen molar-refractivity contribution in [3.63, 3.8) is 0 Å². The Kier molecular flexibility index (Phi) is 3.18. The first kappa shape index (κ1) is 11.4. The van der Waals surface area contributed by atoms with E-state index < -0.39 is 34.7 Å². The fourth-order valence-electron chi connectivity index (χ4n) is 0.898. The lowest BCUT2D eigenvalue weighted by molar-refractivity contribution is 0.303. The molecule has 2 N–H and O–H groups in total. The molecule has 0 amide bonds. The Balaban J connectivity index is 3.31. The number of rotatable bonds is 3. The van der Waals surface area contributed by atoms with Crippen LogP contribution in [0.3, 0.4) is 0 Å². The molecule has 0 saturated heterocycles. The predicted octanol–water partition coefficient (Wildman–Crippen LogP) is 2.39. The van der Waals surface area contributed by atoms with Gasteiger partial charge in [0.15, 0.2) is 17.4 Å². The summed E-state index contributed by atoms with van der Waals surface area (Å²) in [6.07, 6.45) is 1.17. The molecule has 0 spiro atoms. The fourth-order valence-corrected chi connectivity index (χ4v) is 0.898. The van der Waals surface area contributed by atoms with Gasteiger partial charge in [-0.05, 0) is 0 Å². The molecule has 82 valence electrons. The fraction of sp³-hybridized carbons (Fsp3) is 0.111. The molecular formula is C9H7F4NO. The normalized spacial score (nSPS) is 10.1. The first-order valence-corrected chi connectivity index (χ1v) is 3.85. The maximum Gasteiger partial charge on any atom is 0.206 e. The van der Waals surface area contributed by atoms with Gasteiger partial charge in [0.25, 0.3) is 0 Å². The van der Waals surface area contributed by atoms with Crippen LogP contribution in [0.25, 0.3) is 0 Å². The van der Waals surface area contributed by atoms with Crippen LogP contribution < -0.4 is 10.5 Å². The summed E-state index contributed by atoms with van der Waals surface area (Å²) in [4.78, 5) is 0. The van der Waals surface area contributed by atoms with Crippen LogP contribution in [0.4, 0.5) is 23.2 Å². The van der Waals surface area contributed by atoms with Gasteiger partial charge in [-0.2, -0.15) is 8.78 Å². The summed E-state index contributed by atoms with van der Waals surface area (Å²) in [5, 5.41) is 0. The third kappa shape index (κ3) is 1.88. The minimum atomic E-state index is -1.67. The van der Waals surface area contributed by atoms with Crippen molar-refractivity contribution in [1.29, 1.82) is 0 Å². The van der Waals surface area contributed by atoms with Crippen molar-refractivity contribution in [3.05, 3.63) is 35.9 Å². The second-order valence-electron chi connectivity index (χ2n) is 2.60. The number of nitrogen functional groups attached to an aromatic ring is 1. The van der Waals surface area contributed by atoms with E-state index in [0.29, 0.717) is 0 Å². The largest absolute Gasteiger partial charge is 0.483 e. The zero-order valence-corrected chi connectivity index (χ0v) is 7.49. The molecule has 15 heavy (non-hydrogen) atoms. The van der Waals surface area contributed by atoms with Crippen molar-refractivity contribution in [2.75, 3.05) is 12.3 Å². The third-order valence-electron chi connectivity index (χ3n) is 1.60. The van der Waals surface area contributed by atoms with E-state index in [0.717, 1.165) is 0 Å². The molecule has 0 aliphatic heterocycles.